The van der Waals surface area contributed by atoms with Crippen molar-refractivity contribution < 1.29 is 9.53 Å². The molecular formula is C17H16ClNO2S. The average molecular weight is 334 g/mol. The van der Waals surface area contributed by atoms with Gasteiger partial charge < -0.3 is 9.64 Å². The van der Waals surface area contributed by atoms with Crippen LogP contribution in [0.3, 0.4) is 0 Å². The highest BCUT2D eigenvalue weighted by Gasteiger charge is 2.31. The lowest BCUT2D eigenvalue weighted by Gasteiger charge is -2.24. The standard InChI is InChI=1S/C17H16ClNO2S/c1-21-15-7-3-4-12(11-15)16(20)19-8-9-22-17(19)13-5-2-6-14(18)10-13/h2-7,10-11,17H,8-9H2,1H3/t17-/m0/s1. The number of amides is 1. The lowest BCUT2D eigenvalue weighted by atomic mass is 10.1. The molecular weight excluding hydrogens is 318 g/mol. The molecule has 2 aromatic carbocycles. The molecule has 1 heterocycles. The molecule has 22 heavy (non-hydrogen) atoms. The average Bonchev–Trinajstić information content (AvgIpc) is 3.04. The maximum Gasteiger partial charge on any atom is 0.255 e. The summed E-state index contributed by atoms with van der Waals surface area (Å²) in [5, 5.41) is 0.705. The third kappa shape index (κ3) is 3.08. The number of ether oxygens (including phenoxy) is 1. The topological polar surface area (TPSA) is 29.5 Å². The van der Waals surface area contributed by atoms with Gasteiger partial charge in [-0.05, 0) is 35.9 Å². The molecule has 0 aliphatic carbocycles. The number of hydrogen-bond acceptors (Lipinski definition) is 3. The van der Waals surface area contributed by atoms with Gasteiger partial charge in [-0.15, -0.1) is 11.8 Å². The van der Waals surface area contributed by atoms with Crippen LogP contribution in [0.2, 0.25) is 5.02 Å². The lowest BCUT2D eigenvalue weighted by Crippen LogP contribution is -2.30. The van der Waals surface area contributed by atoms with Crippen LogP contribution in [-0.4, -0.2) is 30.2 Å². The molecule has 0 bridgehead atoms. The molecule has 0 spiro atoms. The van der Waals surface area contributed by atoms with Crippen LogP contribution in [-0.2, 0) is 0 Å². The van der Waals surface area contributed by atoms with Gasteiger partial charge in [0.1, 0.15) is 11.1 Å². The second kappa shape index (κ2) is 6.63. The Morgan fingerprint density at radius 1 is 1.27 bits per heavy atom. The molecule has 1 aliphatic rings. The minimum absolute atomic E-state index is 0.0115. The zero-order valence-corrected chi connectivity index (χ0v) is 13.7. The Balaban J connectivity index is 1.87. The molecule has 3 nitrogen and oxygen atoms in total. The van der Waals surface area contributed by atoms with Crippen molar-refractivity contribution in [3.63, 3.8) is 0 Å². The van der Waals surface area contributed by atoms with Crippen LogP contribution < -0.4 is 4.74 Å². The van der Waals surface area contributed by atoms with Crippen LogP contribution in [0.25, 0.3) is 0 Å². The van der Waals surface area contributed by atoms with Crippen LogP contribution in [0.5, 0.6) is 5.75 Å². The highest BCUT2D eigenvalue weighted by molar-refractivity contribution is 7.99. The summed E-state index contributed by atoms with van der Waals surface area (Å²) in [6.07, 6.45) is 0. The highest BCUT2D eigenvalue weighted by Crippen LogP contribution is 2.39. The molecule has 0 saturated carbocycles. The molecule has 1 saturated heterocycles. The van der Waals surface area contributed by atoms with Crippen molar-refractivity contribution in [1.82, 2.24) is 4.90 Å². The Labute approximate surface area is 139 Å². The van der Waals surface area contributed by atoms with Gasteiger partial charge in [0, 0.05) is 22.9 Å². The summed E-state index contributed by atoms with van der Waals surface area (Å²) in [5.41, 5.74) is 1.71. The fraction of sp³-hybridized carbons (Fsp3) is 0.235. The molecule has 114 valence electrons. The minimum Gasteiger partial charge on any atom is -0.497 e. The summed E-state index contributed by atoms with van der Waals surface area (Å²) in [7, 11) is 1.60. The van der Waals surface area contributed by atoms with Crippen molar-refractivity contribution in [3.05, 3.63) is 64.7 Å². The molecule has 0 unspecified atom stereocenters. The van der Waals surface area contributed by atoms with E-state index in [2.05, 4.69) is 0 Å². The summed E-state index contributed by atoms with van der Waals surface area (Å²) in [5.74, 6) is 1.64. The first kappa shape index (κ1) is 15.3. The number of methoxy groups -OCH3 is 1. The van der Waals surface area contributed by atoms with Gasteiger partial charge in [0.2, 0.25) is 0 Å². The van der Waals surface area contributed by atoms with Crippen molar-refractivity contribution in [2.24, 2.45) is 0 Å². The van der Waals surface area contributed by atoms with Crippen molar-refractivity contribution >= 4 is 29.3 Å². The van der Waals surface area contributed by atoms with E-state index in [4.69, 9.17) is 16.3 Å². The molecule has 2 aromatic rings. The van der Waals surface area contributed by atoms with Gasteiger partial charge in [0.05, 0.1) is 7.11 Å². The molecule has 0 aromatic heterocycles. The van der Waals surface area contributed by atoms with Gasteiger partial charge in [0.25, 0.3) is 5.91 Å². The van der Waals surface area contributed by atoms with E-state index in [-0.39, 0.29) is 11.3 Å². The first-order valence-electron chi connectivity index (χ1n) is 7.01. The zero-order chi connectivity index (χ0) is 15.5. The zero-order valence-electron chi connectivity index (χ0n) is 12.2. The maximum absolute atomic E-state index is 12.8. The van der Waals surface area contributed by atoms with Gasteiger partial charge in [-0.25, -0.2) is 0 Å². The van der Waals surface area contributed by atoms with E-state index in [0.717, 1.165) is 17.9 Å². The second-order valence-electron chi connectivity index (χ2n) is 5.01. The normalized spacial score (nSPS) is 17.5. The van der Waals surface area contributed by atoms with Crippen LogP contribution in [0.4, 0.5) is 0 Å². The Bertz CT molecular complexity index is 692. The quantitative estimate of drug-likeness (QED) is 0.841. The van der Waals surface area contributed by atoms with Crippen LogP contribution in [0, 0.1) is 0 Å². The van der Waals surface area contributed by atoms with E-state index in [9.17, 15) is 4.79 Å². The molecule has 0 N–H and O–H groups in total. The first-order valence-corrected chi connectivity index (χ1v) is 8.44. The third-order valence-electron chi connectivity index (χ3n) is 3.60. The highest BCUT2D eigenvalue weighted by atomic mass is 35.5. The minimum atomic E-state index is 0.0115. The van der Waals surface area contributed by atoms with E-state index >= 15 is 0 Å². The first-order chi connectivity index (χ1) is 10.7. The Kier molecular flexibility index (Phi) is 4.60. The Morgan fingerprint density at radius 3 is 2.86 bits per heavy atom. The molecule has 1 amide bonds. The van der Waals surface area contributed by atoms with Crippen molar-refractivity contribution in [1.29, 1.82) is 0 Å². The summed E-state index contributed by atoms with van der Waals surface area (Å²) in [4.78, 5) is 14.7. The number of thioether (sulfide) groups is 1. The number of nitrogens with zero attached hydrogens (tertiary/aromatic N) is 1. The Morgan fingerprint density at radius 2 is 2.09 bits per heavy atom. The van der Waals surface area contributed by atoms with E-state index in [1.807, 2.05) is 47.4 Å². The van der Waals surface area contributed by atoms with E-state index in [1.165, 1.54) is 0 Å². The fourth-order valence-electron chi connectivity index (χ4n) is 2.54. The molecule has 0 radical (unpaired) electrons. The number of carbonyl (C=O) groups is 1. The summed E-state index contributed by atoms with van der Waals surface area (Å²) >= 11 is 7.84. The number of carbonyl (C=O) groups excluding carboxylic acids is 1. The summed E-state index contributed by atoms with van der Waals surface area (Å²) in [6.45, 7) is 0.734. The number of rotatable bonds is 3. The molecule has 3 rings (SSSR count). The number of benzene rings is 2. The van der Waals surface area contributed by atoms with E-state index in [0.29, 0.717) is 16.3 Å². The van der Waals surface area contributed by atoms with Gasteiger partial charge in [-0.2, -0.15) is 0 Å². The number of halogens is 1. The predicted molar refractivity (Wildman–Crippen MR) is 90.7 cm³/mol. The van der Waals surface area contributed by atoms with Crippen molar-refractivity contribution in [3.8, 4) is 5.75 Å². The number of hydrogen-bond donors (Lipinski definition) is 0. The monoisotopic (exact) mass is 333 g/mol. The van der Waals surface area contributed by atoms with Crippen molar-refractivity contribution in [2.75, 3.05) is 19.4 Å². The van der Waals surface area contributed by atoms with Gasteiger partial charge >= 0.3 is 0 Å². The lowest BCUT2D eigenvalue weighted by molar-refractivity contribution is 0.0760. The van der Waals surface area contributed by atoms with Gasteiger partial charge in [-0.1, -0.05) is 29.8 Å². The third-order valence-corrected chi connectivity index (χ3v) is 5.10. The SMILES string of the molecule is COc1cccc(C(=O)N2CCS[C@H]2c2cccc(Cl)c2)c1. The summed E-state index contributed by atoms with van der Waals surface area (Å²) in [6, 6.07) is 15.0. The predicted octanol–water partition coefficient (Wildman–Crippen LogP) is 4.24. The Hall–Kier alpha value is -1.65. The fourth-order valence-corrected chi connectivity index (χ4v) is 3.98. The van der Waals surface area contributed by atoms with Crippen molar-refractivity contribution in [2.45, 2.75) is 5.37 Å². The smallest absolute Gasteiger partial charge is 0.255 e. The molecule has 1 aliphatic heterocycles. The molecule has 1 atom stereocenters. The molecule has 5 heteroatoms. The van der Waals surface area contributed by atoms with Gasteiger partial charge in [-0.3, -0.25) is 4.79 Å². The van der Waals surface area contributed by atoms with E-state index in [1.54, 1.807) is 24.9 Å². The van der Waals surface area contributed by atoms with E-state index < -0.39 is 0 Å². The van der Waals surface area contributed by atoms with Crippen LogP contribution in [0.1, 0.15) is 21.3 Å². The molecule has 1 fully saturated rings. The van der Waals surface area contributed by atoms with Gasteiger partial charge in [0.15, 0.2) is 0 Å². The second-order valence-corrected chi connectivity index (χ2v) is 6.63. The maximum atomic E-state index is 12.8. The largest absolute Gasteiger partial charge is 0.497 e. The summed E-state index contributed by atoms with van der Waals surface area (Å²) < 4.78 is 5.20. The van der Waals surface area contributed by atoms with Crippen LogP contribution >= 0.6 is 23.4 Å². The van der Waals surface area contributed by atoms with Crippen LogP contribution in [0.15, 0.2) is 48.5 Å².